The number of rotatable bonds is 6. The number of nitrogens with zero attached hydrogens (tertiary/aromatic N) is 2. The minimum atomic E-state index is -3.77. The van der Waals surface area contributed by atoms with Crippen LogP contribution in [0.15, 0.2) is 28.3 Å². The Morgan fingerprint density at radius 3 is 2.82 bits per heavy atom. The van der Waals surface area contributed by atoms with Gasteiger partial charge in [0.15, 0.2) is 5.16 Å². The fraction of sp³-hybridized carbons (Fsp3) is 0.579. The molecule has 4 rings (SSSR count). The van der Waals surface area contributed by atoms with E-state index < -0.39 is 10.0 Å². The third kappa shape index (κ3) is 3.79. The number of carbonyl (C=O) groups is 1. The lowest BCUT2D eigenvalue weighted by atomic mass is 9.84. The van der Waals surface area contributed by atoms with Crippen LogP contribution in [0, 0.1) is 17.8 Å². The van der Waals surface area contributed by atoms with Crippen LogP contribution in [0.4, 0.5) is 0 Å². The monoisotopic (exact) mass is 422 g/mol. The highest BCUT2D eigenvalue weighted by atomic mass is 32.2. The summed E-state index contributed by atoms with van der Waals surface area (Å²) in [4.78, 5) is 16.9. The molecule has 9 heteroatoms. The summed E-state index contributed by atoms with van der Waals surface area (Å²) in [6.07, 6.45) is 5.25. The minimum Gasteiger partial charge on any atom is -0.353 e. The van der Waals surface area contributed by atoms with E-state index in [0.29, 0.717) is 16.6 Å². The number of amides is 1. The fourth-order valence-electron chi connectivity index (χ4n) is 4.90. The first-order valence-corrected chi connectivity index (χ1v) is 12.2. The Bertz CT molecular complexity index is 1020. The van der Waals surface area contributed by atoms with Crippen molar-refractivity contribution in [3.63, 3.8) is 0 Å². The van der Waals surface area contributed by atoms with Gasteiger partial charge in [0.1, 0.15) is 0 Å². The van der Waals surface area contributed by atoms with Crippen LogP contribution >= 0.6 is 11.8 Å². The van der Waals surface area contributed by atoms with Crippen LogP contribution in [0.1, 0.15) is 32.6 Å². The molecule has 2 bridgehead atoms. The van der Waals surface area contributed by atoms with E-state index in [9.17, 15) is 13.2 Å². The molecule has 1 heterocycles. The van der Waals surface area contributed by atoms with Gasteiger partial charge < -0.3 is 9.88 Å². The molecule has 2 aliphatic rings. The largest absolute Gasteiger partial charge is 0.353 e. The quantitative estimate of drug-likeness (QED) is 0.695. The number of primary sulfonamides is 1. The van der Waals surface area contributed by atoms with Gasteiger partial charge >= 0.3 is 0 Å². The van der Waals surface area contributed by atoms with Gasteiger partial charge in [-0.3, -0.25) is 4.79 Å². The molecule has 0 unspecified atom stereocenters. The van der Waals surface area contributed by atoms with Crippen LogP contribution < -0.4 is 10.5 Å². The summed E-state index contributed by atoms with van der Waals surface area (Å²) < 4.78 is 24.9. The number of fused-ring (bicyclic) bond motifs is 3. The van der Waals surface area contributed by atoms with Crippen molar-refractivity contribution in [3.8, 4) is 0 Å². The molecule has 0 aliphatic heterocycles. The van der Waals surface area contributed by atoms with Crippen LogP contribution in [0.25, 0.3) is 11.0 Å². The molecule has 2 fully saturated rings. The standard InChI is InChI=1S/C19H26N4O3S2/c1-11(15-8-12-3-4-13(15)7-12)21-18(24)10-27-19-22-16-9-14(28(20,25)26)5-6-17(16)23(19)2/h5-6,9,11-13,15H,3-4,7-8,10H2,1-2H3,(H,21,24)(H2,20,25,26)/t11-,12+,13+,15+/m1/s1. The van der Waals surface area contributed by atoms with Crippen LogP contribution in [0.2, 0.25) is 0 Å². The first-order valence-electron chi connectivity index (χ1n) is 9.64. The summed E-state index contributed by atoms with van der Waals surface area (Å²) in [6.45, 7) is 2.12. The lowest BCUT2D eigenvalue weighted by Crippen LogP contribution is -2.40. The Hall–Kier alpha value is -1.58. The number of hydrogen-bond acceptors (Lipinski definition) is 5. The maximum atomic E-state index is 12.4. The molecule has 152 valence electrons. The summed E-state index contributed by atoms with van der Waals surface area (Å²) in [7, 11) is -1.92. The zero-order valence-corrected chi connectivity index (χ0v) is 17.7. The molecule has 1 aromatic carbocycles. The van der Waals surface area contributed by atoms with E-state index >= 15 is 0 Å². The Morgan fingerprint density at radius 2 is 2.18 bits per heavy atom. The van der Waals surface area contributed by atoms with Gasteiger partial charge in [0.2, 0.25) is 15.9 Å². The molecule has 0 radical (unpaired) electrons. The van der Waals surface area contributed by atoms with Crippen molar-refractivity contribution in [2.45, 2.75) is 48.7 Å². The number of aryl methyl sites for hydroxylation is 1. The summed E-state index contributed by atoms with van der Waals surface area (Å²) >= 11 is 1.35. The number of hydrogen-bond donors (Lipinski definition) is 2. The summed E-state index contributed by atoms with van der Waals surface area (Å²) in [5.74, 6) is 2.55. The van der Waals surface area contributed by atoms with E-state index in [4.69, 9.17) is 5.14 Å². The summed E-state index contributed by atoms with van der Waals surface area (Å²) in [5.41, 5.74) is 1.35. The molecule has 2 aliphatic carbocycles. The lowest BCUT2D eigenvalue weighted by molar-refractivity contribution is -0.119. The Kier molecular flexibility index (Phi) is 5.18. The summed E-state index contributed by atoms with van der Waals surface area (Å²) in [5, 5.41) is 9.03. The van der Waals surface area contributed by atoms with E-state index in [1.54, 1.807) is 6.07 Å². The van der Waals surface area contributed by atoms with Crippen molar-refractivity contribution in [2.24, 2.45) is 29.9 Å². The van der Waals surface area contributed by atoms with Gasteiger partial charge in [0, 0.05) is 13.1 Å². The van der Waals surface area contributed by atoms with Gasteiger partial charge in [0.25, 0.3) is 0 Å². The number of benzene rings is 1. The number of thioether (sulfide) groups is 1. The Labute approximate surface area is 169 Å². The van der Waals surface area contributed by atoms with Crippen molar-refractivity contribution in [1.29, 1.82) is 0 Å². The van der Waals surface area contributed by atoms with E-state index in [2.05, 4.69) is 17.2 Å². The molecule has 2 aromatic rings. The predicted octanol–water partition coefficient (Wildman–Crippen LogP) is 2.25. The zero-order chi connectivity index (χ0) is 20.1. The Balaban J connectivity index is 1.39. The molecule has 0 saturated heterocycles. The third-order valence-corrected chi connectivity index (χ3v) is 8.24. The fourth-order valence-corrected chi connectivity index (χ4v) is 6.23. The van der Waals surface area contributed by atoms with Crippen molar-refractivity contribution in [1.82, 2.24) is 14.9 Å². The zero-order valence-electron chi connectivity index (χ0n) is 16.1. The number of nitrogens with two attached hydrogens (primary N) is 1. The van der Waals surface area contributed by atoms with Gasteiger partial charge in [-0.2, -0.15) is 0 Å². The normalized spacial score (nSPS) is 25.3. The average Bonchev–Trinajstić information content (AvgIpc) is 3.34. The second kappa shape index (κ2) is 7.35. The highest BCUT2D eigenvalue weighted by Gasteiger charge is 2.42. The van der Waals surface area contributed by atoms with Crippen LogP contribution in [-0.4, -0.2) is 35.7 Å². The van der Waals surface area contributed by atoms with E-state index in [0.717, 1.165) is 17.4 Å². The number of aromatic nitrogens is 2. The molecule has 0 spiro atoms. The predicted molar refractivity (Wildman–Crippen MR) is 109 cm³/mol. The van der Waals surface area contributed by atoms with Crippen molar-refractivity contribution < 1.29 is 13.2 Å². The van der Waals surface area contributed by atoms with E-state index in [-0.39, 0.29) is 22.6 Å². The van der Waals surface area contributed by atoms with Gasteiger partial charge in [0.05, 0.1) is 21.7 Å². The second-order valence-corrected chi connectivity index (χ2v) is 10.6. The molecule has 28 heavy (non-hydrogen) atoms. The number of sulfonamides is 1. The lowest BCUT2D eigenvalue weighted by Gasteiger charge is -2.28. The van der Waals surface area contributed by atoms with Crippen LogP contribution in [0.3, 0.4) is 0 Å². The van der Waals surface area contributed by atoms with Gasteiger partial charge in [-0.1, -0.05) is 18.2 Å². The van der Waals surface area contributed by atoms with Gasteiger partial charge in [-0.15, -0.1) is 0 Å². The third-order valence-electron chi connectivity index (χ3n) is 6.30. The van der Waals surface area contributed by atoms with E-state index in [1.807, 2.05) is 11.6 Å². The maximum Gasteiger partial charge on any atom is 0.238 e. The van der Waals surface area contributed by atoms with Gasteiger partial charge in [-0.25, -0.2) is 18.5 Å². The highest BCUT2D eigenvalue weighted by molar-refractivity contribution is 7.99. The molecular formula is C19H26N4O3S2. The first kappa shape index (κ1) is 19.7. The molecule has 7 nitrogen and oxygen atoms in total. The minimum absolute atomic E-state index is 0.0116. The second-order valence-electron chi connectivity index (χ2n) is 8.13. The molecule has 1 aromatic heterocycles. The molecule has 2 saturated carbocycles. The molecular weight excluding hydrogens is 396 g/mol. The molecule has 3 N–H and O–H groups in total. The topological polar surface area (TPSA) is 107 Å². The van der Waals surface area contributed by atoms with Crippen LogP contribution in [-0.2, 0) is 21.9 Å². The first-order chi connectivity index (χ1) is 13.2. The maximum absolute atomic E-state index is 12.4. The highest BCUT2D eigenvalue weighted by Crippen LogP contribution is 2.49. The summed E-state index contributed by atoms with van der Waals surface area (Å²) in [6, 6.07) is 4.83. The SMILES string of the molecule is C[C@@H](NC(=O)CSc1nc2cc(S(N)(=O)=O)ccc2n1C)[C@@H]1C[C@H]2CC[C@H]1C2. The number of carbonyl (C=O) groups excluding carboxylic acids is 1. The molecule has 4 atom stereocenters. The Morgan fingerprint density at radius 1 is 1.39 bits per heavy atom. The number of nitrogens with one attached hydrogen (secondary N) is 1. The van der Waals surface area contributed by atoms with Crippen molar-refractivity contribution in [3.05, 3.63) is 18.2 Å². The average molecular weight is 423 g/mol. The van der Waals surface area contributed by atoms with Crippen LogP contribution in [0.5, 0.6) is 0 Å². The van der Waals surface area contributed by atoms with Crippen molar-refractivity contribution >= 4 is 38.7 Å². The van der Waals surface area contributed by atoms with E-state index in [1.165, 1.54) is 49.6 Å². The number of imidazole rings is 1. The smallest absolute Gasteiger partial charge is 0.238 e. The van der Waals surface area contributed by atoms with Gasteiger partial charge in [-0.05, 0) is 62.1 Å². The van der Waals surface area contributed by atoms with Crippen molar-refractivity contribution in [2.75, 3.05) is 5.75 Å². The molecule has 1 amide bonds.